The van der Waals surface area contributed by atoms with Gasteiger partial charge in [0.15, 0.2) is 11.5 Å². The van der Waals surface area contributed by atoms with Gasteiger partial charge in [0.1, 0.15) is 17.2 Å². The Morgan fingerprint density at radius 1 is 1.23 bits per heavy atom. The summed E-state index contributed by atoms with van der Waals surface area (Å²) in [6, 6.07) is 6.15. The van der Waals surface area contributed by atoms with Gasteiger partial charge in [0.05, 0.1) is 19.6 Å². The zero-order valence-electron chi connectivity index (χ0n) is 16.1. The first-order chi connectivity index (χ1) is 14.3. The van der Waals surface area contributed by atoms with Crippen LogP contribution in [0, 0.1) is 24.1 Å². The fourth-order valence-electron chi connectivity index (χ4n) is 3.45. The normalized spacial score (nSPS) is 15.1. The number of Topliss-reactive ketones (excluding diaryl/α,β-unsaturated/α-hetero) is 1. The molecule has 0 aliphatic heterocycles. The van der Waals surface area contributed by atoms with E-state index in [1.54, 1.807) is 13.0 Å². The van der Waals surface area contributed by atoms with E-state index in [-0.39, 0.29) is 30.2 Å². The van der Waals surface area contributed by atoms with Crippen LogP contribution in [0.15, 0.2) is 30.3 Å². The molecule has 1 amide bonds. The Morgan fingerprint density at radius 3 is 2.57 bits per heavy atom. The van der Waals surface area contributed by atoms with Crippen LogP contribution in [0.5, 0.6) is 0 Å². The van der Waals surface area contributed by atoms with E-state index in [4.69, 9.17) is 11.3 Å². The SMILES string of the molecule is [C-]#[N+]c1cc(F)c(C(=O)Nc2ccc3c(c2)CCC(CC(=O)OCC)C3=O)c(F)c1. The number of fused-ring (bicyclic) bond motifs is 1. The van der Waals surface area contributed by atoms with E-state index in [0.29, 0.717) is 24.0 Å². The van der Waals surface area contributed by atoms with Crippen molar-refractivity contribution in [3.8, 4) is 0 Å². The molecule has 0 fully saturated rings. The monoisotopic (exact) mass is 412 g/mol. The lowest BCUT2D eigenvalue weighted by molar-refractivity contribution is -0.144. The molecule has 8 heteroatoms. The lowest BCUT2D eigenvalue weighted by Gasteiger charge is -2.23. The van der Waals surface area contributed by atoms with Gasteiger partial charge >= 0.3 is 5.97 Å². The largest absolute Gasteiger partial charge is 0.466 e. The van der Waals surface area contributed by atoms with Gasteiger partial charge in [-0.3, -0.25) is 14.4 Å². The van der Waals surface area contributed by atoms with Gasteiger partial charge in [-0.05, 0) is 55.7 Å². The summed E-state index contributed by atoms with van der Waals surface area (Å²) >= 11 is 0. The number of nitrogens with one attached hydrogen (secondary N) is 1. The quantitative estimate of drug-likeness (QED) is 0.581. The summed E-state index contributed by atoms with van der Waals surface area (Å²) in [7, 11) is 0. The van der Waals surface area contributed by atoms with Crippen LogP contribution in [0.25, 0.3) is 4.85 Å². The maximum Gasteiger partial charge on any atom is 0.306 e. The van der Waals surface area contributed by atoms with E-state index < -0.39 is 35.0 Å². The molecule has 1 N–H and O–H groups in total. The molecule has 0 aromatic heterocycles. The number of halogens is 2. The first kappa shape index (κ1) is 21.1. The van der Waals surface area contributed by atoms with Crippen LogP contribution < -0.4 is 5.32 Å². The standard InChI is InChI=1S/C22H18F2N2O4/c1-3-30-19(27)9-13-5-4-12-8-14(6-7-16(12)21(13)28)26-22(29)20-17(23)10-15(25-2)11-18(20)24/h6-8,10-11,13H,3-5,9H2,1H3,(H,26,29). The molecule has 0 radical (unpaired) electrons. The third-order valence-corrected chi connectivity index (χ3v) is 4.86. The number of ketones is 1. The maximum absolute atomic E-state index is 14.1. The molecule has 0 saturated carbocycles. The van der Waals surface area contributed by atoms with E-state index in [2.05, 4.69) is 10.2 Å². The van der Waals surface area contributed by atoms with Gasteiger partial charge in [-0.25, -0.2) is 13.6 Å². The molecule has 0 heterocycles. The van der Waals surface area contributed by atoms with Crippen molar-refractivity contribution < 1.29 is 27.9 Å². The molecular formula is C22H18F2N2O4. The van der Waals surface area contributed by atoms with E-state index in [1.165, 1.54) is 12.1 Å². The molecule has 1 atom stereocenters. The summed E-state index contributed by atoms with van der Waals surface area (Å²) in [5, 5.41) is 2.42. The Kier molecular flexibility index (Phi) is 6.21. The first-order valence-corrected chi connectivity index (χ1v) is 9.34. The molecule has 2 aromatic rings. The number of aryl methyl sites for hydroxylation is 1. The third-order valence-electron chi connectivity index (χ3n) is 4.86. The van der Waals surface area contributed by atoms with Crippen molar-refractivity contribution in [2.75, 3.05) is 11.9 Å². The second-order valence-corrected chi connectivity index (χ2v) is 6.83. The van der Waals surface area contributed by atoms with Gasteiger partial charge in [0.25, 0.3) is 5.91 Å². The second-order valence-electron chi connectivity index (χ2n) is 6.83. The summed E-state index contributed by atoms with van der Waals surface area (Å²) in [6.07, 6.45) is 0.991. The van der Waals surface area contributed by atoms with Gasteiger partial charge in [-0.1, -0.05) is 0 Å². The van der Waals surface area contributed by atoms with Crippen molar-refractivity contribution in [3.05, 3.63) is 70.1 Å². The molecule has 1 aliphatic rings. The van der Waals surface area contributed by atoms with Crippen molar-refractivity contribution >= 4 is 29.0 Å². The van der Waals surface area contributed by atoms with Crippen LogP contribution in [0.3, 0.4) is 0 Å². The number of anilines is 1. The van der Waals surface area contributed by atoms with E-state index in [9.17, 15) is 23.2 Å². The molecule has 1 aliphatic carbocycles. The van der Waals surface area contributed by atoms with E-state index in [0.717, 1.165) is 12.1 Å². The average Bonchev–Trinajstić information content (AvgIpc) is 2.69. The molecule has 6 nitrogen and oxygen atoms in total. The highest BCUT2D eigenvalue weighted by Gasteiger charge is 2.30. The third kappa shape index (κ3) is 4.35. The summed E-state index contributed by atoms with van der Waals surface area (Å²) in [5.74, 6) is -4.31. The highest BCUT2D eigenvalue weighted by Crippen LogP contribution is 2.30. The van der Waals surface area contributed by atoms with Crippen molar-refractivity contribution in [2.24, 2.45) is 5.92 Å². The minimum absolute atomic E-state index is 0.0176. The molecule has 2 aromatic carbocycles. The zero-order chi connectivity index (χ0) is 21.8. The number of benzene rings is 2. The highest BCUT2D eigenvalue weighted by molar-refractivity contribution is 6.06. The average molecular weight is 412 g/mol. The molecular weight excluding hydrogens is 394 g/mol. The Labute approximate surface area is 171 Å². The highest BCUT2D eigenvalue weighted by atomic mass is 19.1. The number of ether oxygens (including phenoxy) is 1. The van der Waals surface area contributed by atoms with Crippen molar-refractivity contribution in [2.45, 2.75) is 26.2 Å². The lowest BCUT2D eigenvalue weighted by Crippen LogP contribution is -2.26. The van der Waals surface area contributed by atoms with Crippen molar-refractivity contribution in [1.29, 1.82) is 0 Å². The van der Waals surface area contributed by atoms with Crippen LogP contribution in [-0.4, -0.2) is 24.3 Å². The Morgan fingerprint density at radius 2 is 1.93 bits per heavy atom. The number of amides is 1. The van der Waals surface area contributed by atoms with Gasteiger partial charge in [-0.2, -0.15) is 0 Å². The smallest absolute Gasteiger partial charge is 0.306 e. The maximum atomic E-state index is 14.1. The summed E-state index contributed by atoms with van der Waals surface area (Å²) < 4.78 is 33.0. The minimum atomic E-state index is -1.13. The first-order valence-electron chi connectivity index (χ1n) is 9.34. The van der Waals surface area contributed by atoms with Crippen LogP contribution in [0.1, 0.15) is 46.0 Å². The summed E-state index contributed by atoms with van der Waals surface area (Å²) in [5.41, 5.74) is 0.384. The van der Waals surface area contributed by atoms with Gasteiger partial charge in [-0.15, -0.1) is 0 Å². The summed E-state index contributed by atoms with van der Waals surface area (Å²) in [4.78, 5) is 39.6. The molecule has 0 spiro atoms. The van der Waals surface area contributed by atoms with Crippen LogP contribution in [0.2, 0.25) is 0 Å². The van der Waals surface area contributed by atoms with Crippen LogP contribution >= 0.6 is 0 Å². The lowest BCUT2D eigenvalue weighted by atomic mass is 9.81. The molecule has 1 unspecified atom stereocenters. The Hall–Kier alpha value is -3.60. The van der Waals surface area contributed by atoms with E-state index >= 15 is 0 Å². The van der Waals surface area contributed by atoms with Crippen molar-refractivity contribution in [1.82, 2.24) is 0 Å². The Balaban J connectivity index is 1.77. The minimum Gasteiger partial charge on any atom is -0.466 e. The summed E-state index contributed by atoms with van der Waals surface area (Å²) in [6.45, 7) is 8.76. The fourth-order valence-corrected chi connectivity index (χ4v) is 3.45. The predicted octanol–water partition coefficient (Wildman–Crippen LogP) is 4.47. The van der Waals surface area contributed by atoms with Gasteiger partial charge < -0.3 is 10.1 Å². The molecule has 3 rings (SSSR count). The van der Waals surface area contributed by atoms with Crippen LogP contribution in [0.4, 0.5) is 20.2 Å². The topological polar surface area (TPSA) is 76.8 Å². The Bertz CT molecular complexity index is 1050. The number of carbonyl (C=O) groups is 3. The van der Waals surface area contributed by atoms with Crippen LogP contribution in [-0.2, 0) is 16.0 Å². The molecule has 154 valence electrons. The van der Waals surface area contributed by atoms with Gasteiger partial charge in [0.2, 0.25) is 0 Å². The fraction of sp³-hybridized carbons (Fsp3) is 0.273. The second kappa shape index (κ2) is 8.82. The molecule has 30 heavy (non-hydrogen) atoms. The predicted molar refractivity (Wildman–Crippen MR) is 104 cm³/mol. The zero-order valence-corrected chi connectivity index (χ0v) is 16.1. The molecule has 0 bridgehead atoms. The number of nitrogens with zero attached hydrogens (tertiary/aromatic N) is 1. The van der Waals surface area contributed by atoms with E-state index in [1.807, 2.05) is 0 Å². The number of rotatable bonds is 5. The number of hydrogen-bond donors (Lipinski definition) is 1. The van der Waals surface area contributed by atoms with Gasteiger partial charge in [0, 0.05) is 17.2 Å². The van der Waals surface area contributed by atoms with Crippen molar-refractivity contribution in [3.63, 3.8) is 0 Å². The molecule has 0 saturated heterocycles. The number of esters is 1. The number of carbonyl (C=O) groups excluding carboxylic acids is 3. The number of hydrogen-bond acceptors (Lipinski definition) is 4.